The minimum absolute atomic E-state index is 0.0347. The SMILES string of the molecule is O=C(O)CC[C@H](Nc1ccncc1)C(=O)O. The van der Waals surface area contributed by atoms with Crippen LogP contribution in [0.25, 0.3) is 0 Å². The number of rotatable bonds is 6. The predicted molar refractivity (Wildman–Crippen MR) is 56.2 cm³/mol. The molecule has 0 aliphatic carbocycles. The molecule has 0 radical (unpaired) electrons. The summed E-state index contributed by atoms with van der Waals surface area (Å²) in [7, 11) is 0. The van der Waals surface area contributed by atoms with Gasteiger partial charge in [0.15, 0.2) is 0 Å². The lowest BCUT2D eigenvalue weighted by atomic mass is 10.1. The molecule has 0 spiro atoms. The third-order valence-electron chi connectivity index (χ3n) is 1.97. The predicted octanol–water partition coefficient (Wildman–Crippen LogP) is 0.811. The summed E-state index contributed by atoms with van der Waals surface area (Å²) in [5, 5.41) is 20.1. The minimum atomic E-state index is -1.07. The molecule has 0 aliphatic rings. The van der Waals surface area contributed by atoms with E-state index >= 15 is 0 Å². The number of carbonyl (C=O) groups is 2. The maximum absolute atomic E-state index is 10.8. The minimum Gasteiger partial charge on any atom is -0.481 e. The molecule has 0 aliphatic heterocycles. The van der Waals surface area contributed by atoms with Crippen molar-refractivity contribution in [2.75, 3.05) is 5.32 Å². The summed E-state index contributed by atoms with van der Waals surface area (Å²) < 4.78 is 0. The van der Waals surface area contributed by atoms with Gasteiger partial charge in [0, 0.05) is 24.5 Å². The first kappa shape index (κ1) is 12.0. The molecular formula is C10H12N2O4. The van der Waals surface area contributed by atoms with Crippen LogP contribution in [0, 0.1) is 0 Å². The van der Waals surface area contributed by atoms with E-state index in [4.69, 9.17) is 10.2 Å². The Bertz CT molecular complexity index is 366. The first-order valence-corrected chi connectivity index (χ1v) is 4.71. The van der Waals surface area contributed by atoms with E-state index in [9.17, 15) is 9.59 Å². The molecule has 3 N–H and O–H groups in total. The third kappa shape index (κ3) is 3.95. The second-order valence-corrected chi connectivity index (χ2v) is 3.20. The lowest BCUT2D eigenvalue weighted by Gasteiger charge is -2.14. The number of aromatic nitrogens is 1. The van der Waals surface area contributed by atoms with Crippen LogP contribution in [0.1, 0.15) is 12.8 Å². The summed E-state index contributed by atoms with van der Waals surface area (Å²) in [6.07, 6.45) is 2.90. The van der Waals surface area contributed by atoms with E-state index in [1.807, 2.05) is 0 Å². The number of hydrogen-bond acceptors (Lipinski definition) is 4. The van der Waals surface area contributed by atoms with E-state index in [-0.39, 0.29) is 12.8 Å². The van der Waals surface area contributed by atoms with Gasteiger partial charge in [-0.25, -0.2) is 4.79 Å². The van der Waals surface area contributed by atoms with Crippen molar-refractivity contribution in [2.45, 2.75) is 18.9 Å². The summed E-state index contributed by atoms with van der Waals surface area (Å²) in [6.45, 7) is 0. The Labute approximate surface area is 91.9 Å². The third-order valence-corrected chi connectivity index (χ3v) is 1.97. The van der Waals surface area contributed by atoms with Crippen molar-refractivity contribution in [2.24, 2.45) is 0 Å². The molecule has 0 saturated carbocycles. The van der Waals surface area contributed by atoms with Gasteiger partial charge >= 0.3 is 11.9 Å². The Morgan fingerprint density at radius 3 is 2.44 bits per heavy atom. The maximum Gasteiger partial charge on any atom is 0.326 e. The molecule has 1 aromatic rings. The zero-order valence-corrected chi connectivity index (χ0v) is 8.46. The average Bonchev–Trinajstić information content (AvgIpc) is 2.25. The van der Waals surface area contributed by atoms with Gasteiger partial charge in [0.25, 0.3) is 0 Å². The topological polar surface area (TPSA) is 99.5 Å². The summed E-state index contributed by atoms with van der Waals surface area (Å²) in [4.78, 5) is 25.0. The second-order valence-electron chi connectivity index (χ2n) is 3.20. The highest BCUT2D eigenvalue weighted by Gasteiger charge is 2.18. The zero-order valence-electron chi connectivity index (χ0n) is 8.46. The van der Waals surface area contributed by atoms with Crippen molar-refractivity contribution in [1.29, 1.82) is 0 Å². The Morgan fingerprint density at radius 2 is 1.94 bits per heavy atom. The number of nitrogens with zero attached hydrogens (tertiary/aromatic N) is 1. The van der Waals surface area contributed by atoms with E-state index < -0.39 is 18.0 Å². The smallest absolute Gasteiger partial charge is 0.326 e. The molecule has 0 aromatic carbocycles. The van der Waals surface area contributed by atoms with Crippen LogP contribution in [-0.2, 0) is 9.59 Å². The lowest BCUT2D eigenvalue weighted by molar-refractivity contribution is -0.139. The van der Waals surface area contributed by atoms with Gasteiger partial charge in [-0.2, -0.15) is 0 Å². The van der Waals surface area contributed by atoms with Gasteiger partial charge < -0.3 is 15.5 Å². The van der Waals surface area contributed by atoms with Crippen molar-refractivity contribution in [3.63, 3.8) is 0 Å². The van der Waals surface area contributed by atoms with Crippen molar-refractivity contribution >= 4 is 17.6 Å². The first-order valence-electron chi connectivity index (χ1n) is 4.71. The number of carboxylic acid groups (broad SMARTS) is 2. The molecule has 1 rings (SSSR count). The fourth-order valence-electron chi connectivity index (χ4n) is 1.17. The van der Waals surface area contributed by atoms with Crippen LogP contribution in [0.15, 0.2) is 24.5 Å². The molecule has 1 atom stereocenters. The molecule has 16 heavy (non-hydrogen) atoms. The molecule has 0 bridgehead atoms. The van der Waals surface area contributed by atoms with E-state index in [2.05, 4.69) is 10.3 Å². The standard InChI is InChI=1S/C10H12N2O4/c13-9(14)2-1-8(10(15)16)12-7-3-5-11-6-4-7/h3-6,8H,1-2H2,(H,11,12)(H,13,14)(H,15,16)/t8-/m0/s1. The fourth-order valence-corrected chi connectivity index (χ4v) is 1.17. The molecule has 0 fully saturated rings. The molecule has 0 unspecified atom stereocenters. The zero-order chi connectivity index (χ0) is 12.0. The molecule has 0 amide bonds. The van der Waals surface area contributed by atoms with Gasteiger partial charge in [-0.05, 0) is 18.6 Å². The van der Waals surface area contributed by atoms with E-state index in [0.717, 1.165) is 0 Å². The summed E-state index contributed by atoms with van der Waals surface area (Å²) >= 11 is 0. The van der Waals surface area contributed by atoms with Crippen LogP contribution in [0.5, 0.6) is 0 Å². The molecule has 1 aromatic heterocycles. The van der Waals surface area contributed by atoms with Crippen LogP contribution in [0.4, 0.5) is 5.69 Å². The molecule has 6 nitrogen and oxygen atoms in total. The van der Waals surface area contributed by atoms with Crippen molar-refractivity contribution in [3.8, 4) is 0 Å². The van der Waals surface area contributed by atoms with Crippen LogP contribution >= 0.6 is 0 Å². The van der Waals surface area contributed by atoms with Crippen molar-refractivity contribution < 1.29 is 19.8 Å². The van der Waals surface area contributed by atoms with Crippen molar-refractivity contribution in [1.82, 2.24) is 4.98 Å². The van der Waals surface area contributed by atoms with Gasteiger partial charge in [0.05, 0.1) is 0 Å². The highest BCUT2D eigenvalue weighted by Crippen LogP contribution is 2.09. The van der Waals surface area contributed by atoms with Gasteiger partial charge in [-0.3, -0.25) is 9.78 Å². The molecule has 1 heterocycles. The van der Waals surface area contributed by atoms with Gasteiger partial charge in [0.2, 0.25) is 0 Å². The van der Waals surface area contributed by atoms with Gasteiger partial charge in [-0.1, -0.05) is 0 Å². The summed E-state index contributed by atoms with van der Waals surface area (Å²) in [5.41, 5.74) is 0.604. The molecule has 86 valence electrons. The van der Waals surface area contributed by atoms with E-state index in [1.54, 1.807) is 12.1 Å². The van der Waals surface area contributed by atoms with E-state index in [1.165, 1.54) is 12.4 Å². The molecule has 6 heteroatoms. The average molecular weight is 224 g/mol. The fraction of sp³-hybridized carbons (Fsp3) is 0.300. The van der Waals surface area contributed by atoms with Gasteiger partial charge in [-0.15, -0.1) is 0 Å². The number of carboxylic acids is 2. The largest absolute Gasteiger partial charge is 0.481 e. The van der Waals surface area contributed by atoms with Crippen LogP contribution in [0.3, 0.4) is 0 Å². The number of aliphatic carboxylic acids is 2. The quantitative estimate of drug-likeness (QED) is 0.661. The van der Waals surface area contributed by atoms with Crippen LogP contribution in [0.2, 0.25) is 0 Å². The number of hydrogen-bond donors (Lipinski definition) is 3. The van der Waals surface area contributed by atoms with Crippen molar-refractivity contribution in [3.05, 3.63) is 24.5 Å². The lowest BCUT2D eigenvalue weighted by Crippen LogP contribution is -2.29. The summed E-state index contributed by atoms with van der Waals surface area (Å²) in [5.74, 6) is -2.08. The van der Waals surface area contributed by atoms with Gasteiger partial charge in [0.1, 0.15) is 6.04 Å². The first-order chi connectivity index (χ1) is 7.59. The second kappa shape index (κ2) is 5.69. The van der Waals surface area contributed by atoms with E-state index in [0.29, 0.717) is 5.69 Å². The molecular weight excluding hydrogens is 212 g/mol. The number of nitrogens with one attached hydrogen (secondary N) is 1. The number of pyridine rings is 1. The normalized spacial score (nSPS) is 11.8. The highest BCUT2D eigenvalue weighted by molar-refractivity contribution is 5.78. The number of anilines is 1. The molecule has 0 saturated heterocycles. The summed E-state index contributed by atoms with van der Waals surface area (Å²) in [6, 6.07) is 2.34. The Balaban J connectivity index is 2.58. The Hall–Kier alpha value is -2.11. The van der Waals surface area contributed by atoms with Crippen LogP contribution < -0.4 is 5.32 Å². The monoisotopic (exact) mass is 224 g/mol. The van der Waals surface area contributed by atoms with Crippen LogP contribution in [-0.4, -0.2) is 33.2 Å². The highest BCUT2D eigenvalue weighted by atomic mass is 16.4. The Morgan fingerprint density at radius 1 is 1.31 bits per heavy atom. The maximum atomic E-state index is 10.8. The Kier molecular flexibility index (Phi) is 4.26.